The third kappa shape index (κ3) is 5.85. The molecule has 1 saturated heterocycles. The van der Waals surface area contributed by atoms with Crippen molar-refractivity contribution >= 4 is 63.0 Å². The molecule has 37 heavy (non-hydrogen) atoms. The zero-order valence-corrected chi connectivity index (χ0v) is 21.1. The summed E-state index contributed by atoms with van der Waals surface area (Å²) in [4.78, 5) is 38.7. The SMILES string of the molecule is O=C(CN1C(=O)S/C(=C/c2ccc(OCc3cccc4ccccc34)cc2)C1=O)Nc1cccc(Cl)c1. The largest absolute Gasteiger partial charge is 0.489 e. The molecule has 3 amide bonds. The smallest absolute Gasteiger partial charge is 0.294 e. The maximum atomic E-state index is 12.8. The van der Waals surface area contributed by atoms with Gasteiger partial charge in [-0.2, -0.15) is 0 Å². The molecule has 1 fully saturated rings. The number of halogens is 1. The van der Waals surface area contributed by atoms with Gasteiger partial charge in [-0.3, -0.25) is 19.3 Å². The highest BCUT2D eigenvalue weighted by Crippen LogP contribution is 2.32. The summed E-state index contributed by atoms with van der Waals surface area (Å²) >= 11 is 6.74. The number of carbonyl (C=O) groups is 3. The summed E-state index contributed by atoms with van der Waals surface area (Å²) in [5.74, 6) is -0.304. The third-order valence-corrected chi connectivity index (χ3v) is 6.88. The Morgan fingerprint density at radius 1 is 0.946 bits per heavy atom. The van der Waals surface area contributed by atoms with Gasteiger partial charge < -0.3 is 10.1 Å². The van der Waals surface area contributed by atoms with Crippen molar-refractivity contribution in [2.75, 3.05) is 11.9 Å². The van der Waals surface area contributed by atoms with Crippen LogP contribution in [0.25, 0.3) is 16.8 Å². The van der Waals surface area contributed by atoms with E-state index >= 15 is 0 Å². The lowest BCUT2D eigenvalue weighted by molar-refractivity contribution is -0.127. The van der Waals surface area contributed by atoms with Crippen LogP contribution in [-0.2, 0) is 16.2 Å². The van der Waals surface area contributed by atoms with Crippen LogP contribution in [0, 0.1) is 0 Å². The number of ether oxygens (including phenoxy) is 1. The van der Waals surface area contributed by atoms with Crippen LogP contribution in [0.3, 0.4) is 0 Å². The van der Waals surface area contributed by atoms with Gasteiger partial charge in [-0.05, 0) is 70.1 Å². The topological polar surface area (TPSA) is 75.7 Å². The van der Waals surface area contributed by atoms with Gasteiger partial charge in [0.05, 0.1) is 4.91 Å². The van der Waals surface area contributed by atoms with Gasteiger partial charge in [-0.15, -0.1) is 0 Å². The summed E-state index contributed by atoms with van der Waals surface area (Å²) in [5.41, 5.74) is 2.32. The highest BCUT2D eigenvalue weighted by molar-refractivity contribution is 8.18. The molecule has 6 nitrogen and oxygen atoms in total. The Morgan fingerprint density at radius 2 is 1.70 bits per heavy atom. The first-order chi connectivity index (χ1) is 18.0. The molecular formula is C29H21ClN2O4S. The molecule has 1 aliphatic heterocycles. The molecule has 0 aliphatic carbocycles. The zero-order chi connectivity index (χ0) is 25.8. The lowest BCUT2D eigenvalue weighted by atomic mass is 10.1. The lowest BCUT2D eigenvalue weighted by Crippen LogP contribution is -2.36. The van der Waals surface area contributed by atoms with Crippen LogP contribution in [0.4, 0.5) is 10.5 Å². The molecule has 0 bridgehead atoms. The predicted octanol–water partition coefficient (Wildman–Crippen LogP) is 6.75. The van der Waals surface area contributed by atoms with E-state index in [4.69, 9.17) is 16.3 Å². The molecule has 0 spiro atoms. The van der Waals surface area contributed by atoms with Crippen LogP contribution in [0.2, 0.25) is 5.02 Å². The fourth-order valence-electron chi connectivity index (χ4n) is 3.94. The minimum absolute atomic E-state index is 0.255. The van der Waals surface area contributed by atoms with Crippen molar-refractivity contribution in [3.8, 4) is 5.75 Å². The van der Waals surface area contributed by atoms with Crippen LogP contribution in [0.15, 0.2) is 95.9 Å². The molecule has 1 N–H and O–H groups in total. The molecule has 0 aromatic heterocycles. The van der Waals surface area contributed by atoms with E-state index in [1.54, 1.807) is 30.3 Å². The molecule has 184 valence electrons. The van der Waals surface area contributed by atoms with Gasteiger partial charge in [0.2, 0.25) is 5.91 Å². The second-order valence-corrected chi connectivity index (χ2v) is 9.75. The fourth-order valence-corrected chi connectivity index (χ4v) is 4.97. The molecular weight excluding hydrogens is 508 g/mol. The first-order valence-corrected chi connectivity index (χ1v) is 12.7. The number of hydrogen-bond donors (Lipinski definition) is 1. The van der Waals surface area contributed by atoms with Gasteiger partial charge in [0.1, 0.15) is 18.9 Å². The normalized spacial score (nSPS) is 14.4. The van der Waals surface area contributed by atoms with Gasteiger partial charge in [0, 0.05) is 10.7 Å². The van der Waals surface area contributed by atoms with E-state index in [1.165, 1.54) is 0 Å². The summed E-state index contributed by atoms with van der Waals surface area (Å²) < 4.78 is 5.97. The van der Waals surface area contributed by atoms with Crippen molar-refractivity contribution in [2.24, 2.45) is 0 Å². The van der Waals surface area contributed by atoms with Crippen LogP contribution in [0.1, 0.15) is 11.1 Å². The zero-order valence-electron chi connectivity index (χ0n) is 19.5. The highest BCUT2D eigenvalue weighted by atomic mass is 35.5. The third-order valence-electron chi connectivity index (χ3n) is 5.74. The van der Waals surface area contributed by atoms with Crippen molar-refractivity contribution in [3.05, 3.63) is 112 Å². The molecule has 0 atom stereocenters. The molecule has 1 heterocycles. The fraction of sp³-hybridized carbons (Fsp3) is 0.0690. The molecule has 1 aliphatic rings. The summed E-state index contributed by atoms with van der Waals surface area (Å²) in [6.45, 7) is 0.0479. The van der Waals surface area contributed by atoms with Crippen molar-refractivity contribution in [1.82, 2.24) is 4.90 Å². The number of hydrogen-bond acceptors (Lipinski definition) is 5. The quantitative estimate of drug-likeness (QED) is 0.269. The molecule has 4 aromatic carbocycles. The standard InChI is InChI=1S/C29H21ClN2O4S/c30-22-8-4-9-23(16-22)31-27(33)17-32-28(34)26(37-29(32)35)15-19-11-13-24(14-12-19)36-18-21-7-3-6-20-5-1-2-10-25(20)21/h1-16H,17-18H2,(H,31,33)/b26-15+. The summed E-state index contributed by atoms with van der Waals surface area (Å²) in [5, 5.41) is 4.93. The Balaban J connectivity index is 1.21. The number of imide groups is 1. The average Bonchev–Trinajstić information content (AvgIpc) is 3.15. The van der Waals surface area contributed by atoms with E-state index in [0.717, 1.165) is 38.6 Å². The number of benzene rings is 4. The van der Waals surface area contributed by atoms with Gasteiger partial charge in [0.25, 0.3) is 11.1 Å². The Bertz CT molecular complexity index is 1530. The Hall–Kier alpha value is -4.07. The van der Waals surface area contributed by atoms with Crippen molar-refractivity contribution < 1.29 is 19.1 Å². The molecule has 8 heteroatoms. The molecule has 0 unspecified atom stereocenters. The van der Waals surface area contributed by atoms with Crippen LogP contribution in [-0.4, -0.2) is 28.5 Å². The second-order valence-electron chi connectivity index (χ2n) is 8.32. The Morgan fingerprint density at radius 3 is 2.51 bits per heavy atom. The predicted molar refractivity (Wildman–Crippen MR) is 147 cm³/mol. The van der Waals surface area contributed by atoms with E-state index < -0.39 is 17.1 Å². The summed E-state index contributed by atoms with van der Waals surface area (Å²) in [7, 11) is 0. The number of fused-ring (bicyclic) bond motifs is 1. The number of nitrogens with zero attached hydrogens (tertiary/aromatic N) is 1. The van der Waals surface area contributed by atoms with Crippen molar-refractivity contribution in [2.45, 2.75) is 6.61 Å². The van der Waals surface area contributed by atoms with E-state index in [9.17, 15) is 14.4 Å². The number of amides is 3. The van der Waals surface area contributed by atoms with Crippen LogP contribution < -0.4 is 10.1 Å². The second kappa shape index (κ2) is 10.9. The molecule has 5 rings (SSSR count). The van der Waals surface area contributed by atoms with E-state index in [1.807, 2.05) is 48.5 Å². The minimum Gasteiger partial charge on any atom is -0.489 e. The van der Waals surface area contributed by atoms with Crippen LogP contribution in [0.5, 0.6) is 5.75 Å². The number of rotatable bonds is 7. The van der Waals surface area contributed by atoms with E-state index in [0.29, 0.717) is 23.1 Å². The van der Waals surface area contributed by atoms with Gasteiger partial charge >= 0.3 is 0 Å². The lowest BCUT2D eigenvalue weighted by Gasteiger charge is -2.12. The van der Waals surface area contributed by atoms with Gasteiger partial charge in [0.15, 0.2) is 0 Å². The Kier molecular flexibility index (Phi) is 7.25. The molecule has 0 radical (unpaired) electrons. The maximum absolute atomic E-state index is 12.8. The van der Waals surface area contributed by atoms with E-state index in [2.05, 4.69) is 23.5 Å². The van der Waals surface area contributed by atoms with E-state index in [-0.39, 0.29) is 11.4 Å². The van der Waals surface area contributed by atoms with Gasteiger partial charge in [-0.1, -0.05) is 72.3 Å². The highest BCUT2D eigenvalue weighted by Gasteiger charge is 2.36. The van der Waals surface area contributed by atoms with Crippen LogP contribution >= 0.6 is 23.4 Å². The van der Waals surface area contributed by atoms with Crippen molar-refractivity contribution in [1.29, 1.82) is 0 Å². The van der Waals surface area contributed by atoms with Gasteiger partial charge in [-0.25, -0.2) is 0 Å². The number of thioether (sulfide) groups is 1. The minimum atomic E-state index is -0.507. The number of carbonyl (C=O) groups excluding carboxylic acids is 3. The average molecular weight is 529 g/mol. The maximum Gasteiger partial charge on any atom is 0.294 e. The summed E-state index contributed by atoms with van der Waals surface area (Å²) in [6, 6.07) is 28.2. The summed E-state index contributed by atoms with van der Waals surface area (Å²) in [6.07, 6.45) is 1.63. The van der Waals surface area contributed by atoms with Crippen molar-refractivity contribution in [3.63, 3.8) is 0 Å². The first-order valence-electron chi connectivity index (χ1n) is 11.5. The Labute approximate surface area is 222 Å². The number of nitrogens with one attached hydrogen (secondary N) is 1. The molecule has 0 saturated carbocycles. The monoisotopic (exact) mass is 528 g/mol. The molecule has 4 aromatic rings. The number of anilines is 1. The first kappa shape index (κ1) is 24.6.